The van der Waals surface area contributed by atoms with Crippen molar-refractivity contribution in [2.75, 3.05) is 11.9 Å². The molecule has 262 valence electrons. The van der Waals surface area contributed by atoms with Crippen LogP contribution in [0.25, 0.3) is 33.4 Å². The van der Waals surface area contributed by atoms with Crippen LogP contribution >= 0.6 is 12.2 Å². The summed E-state index contributed by atoms with van der Waals surface area (Å²) in [5, 5.41) is 46.1. The Balaban J connectivity index is 1.15. The number of aryl methyl sites for hydroxylation is 1. The molecule has 0 bridgehead atoms. The predicted molar refractivity (Wildman–Crippen MR) is 195 cm³/mol. The number of amides is 1. The van der Waals surface area contributed by atoms with Crippen LogP contribution in [0.3, 0.4) is 0 Å². The molecule has 0 atom stereocenters. The molecule has 0 spiro atoms. The highest BCUT2D eigenvalue weighted by atomic mass is 32.1. The third-order valence-corrected chi connectivity index (χ3v) is 8.38. The summed E-state index contributed by atoms with van der Waals surface area (Å²) in [5.41, 5.74) is 4.16. The molecule has 1 aliphatic carbocycles. The highest BCUT2D eigenvalue weighted by Crippen LogP contribution is 2.42. The van der Waals surface area contributed by atoms with E-state index in [9.17, 15) is 34.6 Å². The van der Waals surface area contributed by atoms with Crippen molar-refractivity contribution in [2.45, 2.75) is 38.6 Å². The highest BCUT2D eigenvalue weighted by molar-refractivity contribution is 7.80. The van der Waals surface area contributed by atoms with Crippen LogP contribution in [0, 0.1) is 0 Å². The van der Waals surface area contributed by atoms with Gasteiger partial charge in [0.2, 0.25) is 0 Å². The van der Waals surface area contributed by atoms with Gasteiger partial charge in [0.05, 0.1) is 5.56 Å². The lowest BCUT2D eigenvalue weighted by Crippen LogP contribution is -2.28. The molecular formula is C38H35N3O9S. The van der Waals surface area contributed by atoms with Gasteiger partial charge in [-0.15, -0.1) is 0 Å². The predicted octanol–water partition coefficient (Wildman–Crippen LogP) is 6.42. The maximum Gasteiger partial charge on any atom is 0.336 e. The highest BCUT2D eigenvalue weighted by Gasteiger charge is 2.22. The first-order valence-corrected chi connectivity index (χ1v) is 16.5. The number of nitrogens with zero attached hydrogens (tertiary/aromatic N) is 1. The normalized spacial score (nSPS) is 11.2. The fraction of sp³-hybridized carbons (Fsp3) is 0.184. The Hall–Kier alpha value is -6.05. The average Bonchev–Trinajstić information content (AvgIpc) is 3.10. The summed E-state index contributed by atoms with van der Waals surface area (Å²) >= 11 is 5.49. The second-order valence-electron chi connectivity index (χ2n) is 11.8. The first-order chi connectivity index (χ1) is 24.5. The van der Waals surface area contributed by atoms with Gasteiger partial charge in [-0.1, -0.05) is 43.2 Å². The van der Waals surface area contributed by atoms with Crippen molar-refractivity contribution < 1.29 is 39.3 Å². The van der Waals surface area contributed by atoms with Crippen molar-refractivity contribution in [2.24, 2.45) is 0 Å². The van der Waals surface area contributed by atoms with Gasteiger partial charge in [0.1, 0.15) is 17.1 Å². The summed E-state index contributed by atoms with van der Waals surface area (Å²) in [6.07, 6.45) is 5.60. The topological polar surface area (TPSA) is 190 Å². The molecule has 0 saturated carbocycles. The van der Waals surface area contributed by atoms with E-state index in [1.165, 1.54) is 30.3 Å². The van der Waals surface area contributed by atoms with Crippen molar-refractivity contribution in [3.63, 3.8) is 0 Å². The van der Waals surface area contributed by atoms with Crippen LogP contribution in [0.4, 0.5) is 5.69 Å². The lowest BCUT2D eigenvalue weighted by atomic mass is 9.90. The van der Waals surface area contributed by atoms with Crippen molar-refractivity contribution in [3.05, 3.63) is 118 Å². The number of aliphatic carboxylic acids is 1. The van der Waals surface area contributed by atoms with Gasteiger partial charge in [0.25, 0.3) is 5.91 Å². The van der Waals surface area contributed by atoms with E-state index in [1.807, 2.05) is 24.3 Å². The largest absolute Gasteiger partial charge is 0.508 e. The van der Waals surface area contributed by atoms with Gasteiger partial charge in [-0.3, -0.25) is 14.8 Å². The smallest absolute Gasteiger partial charge is 0.336 e. The number of fused-ring (bicyclic) bond motifs is 2. The Morgan fingerprint density at radius 3 is 2.29 bits per heavy atom. The number of phenols is 1. The van der Waals surface area contributed by atoms with Gasteiger partial charge in [-0.05, 0) is 84.6 Å². The Bertz CT molecular complexity index is 2140. The maximum absolute atomic E-state index is 12.5. The Morgan fingerprint density at radius 2 is 1.55 bits per heavy atom. The first kappa shape index (κ1) is 36.2. The number of thiocarbonyl (C=S) groups is 1. The molecule has 51 heavy (non-hydrogen) atoms. The van der Waals surface area contributed by atoms with Crippen molar-refractivity contribution in [3.8, 4) is 28.2 Å². The zero-order chi connectivity index (χ0) is 36.5. The summed E-state index contributed by atoms with van der Waals surface area (Å²) in [4.78, 5) is 46.7. The summed E-state index contributed by atoms with van der Waals surface area (Å²) in [7, 11) is 0. The van der Waals surface area contributed by atoms with E-state index in [0.29, 0.717) is 62.6 Å². The number of carboxylic acid groups (broad SMARTS) is 2. The van der Waals surface area contributed by atoms with Gasteiger partial charge in [-0.25, -0.2) is 14.7 Å². The van der Waals surface area contributed by atoms with Gasteiger partial charge in [0.15, 0.2) is 10.5 Å². The molecule has 2 aliphatic rings. The second-order valence-corrected chi connectivity index (χ2v) is 12.2. The monoisotopic (exact) mass is 709 g/mol. The molecule has 3 aromatic carbocycles. The minimum absolute atomic E-state index is 0.00217. The van der Waals surface area contributed by atoms with Gasteiger partial charge >= 0.3 is 11.9 Å². The summed E-state index contributed by atoms with van der Waals surface area (Å²) in [5.74, 6) is -2.95. The van der Waals surface area contributed by atoms with Crippen LogP contribution in [0.1, 0.15) is 47.2 Å². The SMILES string of the molecule is O=C(O)/C=C/C(=O)N(O)CCCCCCc1ccc(CNC(=S)Nc2ccc(-c3c4ccc(=O)cc-4oc4cc(O)ccc34)c(C(=O)O)c2)cc1. The van der Waals surface area contributed by atoms with Crippen molar-refractivity contribution >= 4 is 51.8 Å². The molecule has 0 fully saturated rings. The number of anilines is 1. The molecular weight excluding hydrogens is 674 g/mol. The van der Waals surface area contributed by atoms with E-state index in [1.54, 1.807) is 24.3 Å². The van der Waals surface area contributed by atoms with Crippen LogP contribution in [0.5, 0.6) is 5.75 Å². The number of rotatable bonds is 14. The number of nitrogens with one attached hydrogen (secondary N) is 2. The van der Waals surface area contributed by atoms with Crippen molar-refractivity contribution in [1.29, 1.82) is 0 Å². The number of carbonyl (C=O) groups is 3. The molecule has 1 aliphatic heterocycles. The number of hydrogen-bond acceptors (Lipinski definition) is 8. The Labute approximate surface area is 297 Å². The molecule has 3 aromatic rings. The van der Waals surface area contributed by atoms with Gasteiger partial charge < -0.3 is 30.4 Å². The van der Waals surface area contributed by atoms with Crippen LogP contribution in [0.2, 0.25) is 0 Å². The number of phenolic OH excluding ortho intramolecular Hbond substituents is 1. The fourth-order valence-corrected chi connectivity index (χ4v) is 5.82. The molecule has 6 N–H and O–H groups in total. The summed E-state index contributed by atoms with van der Waals surface area (Å²) < 4.78 is 5.89. The quantitative estimate of drug-likeness (QED) is 0.0186. The fourth-order valence-electron chi connectivity index (χ4n) is 5.63. The summed E-state index contributed by atoms with van der Waals surface area (Å²) in [6, 6.07) is 21.8. The van der Waals surface area contributed by atoms with E-state index in [0.717, 1.165) is 42.9 Å². The number of aromatic carboxylic acids is 1. The van der Waals surface area contributed by atoms with Crippen LogP contribution in [-0.4, -0.2) is 55.1 Å². The number of unbranched alkanes of at least 4 members (excludes halogenated alkanes) is 3. The van der Waals surface area contributed by atoms with E-state index in [2.05, 4.69) is 10.6 Å². The van der Waals surface area contributed by atoms with Crippen LogP contribution in [-0.2, 0) is 22.6 Å². The average molecular weight is 710 g/mol. The number of hydrogen-bond donors (Lipinski definition) is 6. The number of hydroxylamine groups is 2. The van der Waals surface area contributed by atoms with Crippen LogP contribution in [0.15, 0.2) is 100 Å². The van der Waals surface area contributed by atoms with Gasteiger partial charge in [0, 0.05) is 59.6 Å². The first-order valence-electron chi connectivity index (χ1n) is 16.1. The maximum atomic E-state index is 12.5. The minimum Gasteiger partial charge on any atom is -0.508 e. The third-order valence-electron chi connectivity index (χ3n) is 8.14. The minimum atomic E-state index is -1.25. The Kier molecular flexibility index (Phi) is 11.8. The van der Waals surface area contributed by atoms with Crippen LogP contribution < -0.4 is 16.1 Å². The van der Waals surface area contributed by atoms with Gasteiger partial charge in [-0.2, -0.15) is 0 Å². The zero-order valence-corrected chi connectivity index (χ0v) is 28.1. The molecule has 1 heterocycles. The second kappa shape index (κ2) is 16.6. The molecule has 5 rings (SSSR count). The molecule has 0 aromatic heterocycles. The molecule has 0 unspecified atom stereocenters. The van der Waals surface area contributed by atoms with E-state index >= 15 is 0 Å². The zero-order valence-electron chi connectivity index (χ0n) is 27.3. The molecule has 12 nitrogen and oxygen atoms in total. The third kappa shape index (κ3) is 9.56. The number of carboxylic acids is 2. The van der Waals surface area contributed by atoms with E-state index < -0.39 is 17.8 Å². The Morgan fingerprint density at radius 1 is 0.824 bits per heavy atom. The lowest BCUT2D eigenvalue weighted by molar-refractivity contribution is -0.159. The van der Waals surface area contributed by atoms with E-state index in [-0.39, 0.29) is 29.0 Å². The molecule has 1 amide bonds. The standard InChI is InChI=1S/C38H35N3O9S/c42-26-11-14-29-32(20-26)50-33-21-27(43)12-15-30(33)36(29)28-13-10-25(19-31(28)37(47)48)40-38(51)39-22-24-8-6-23(7-9-24)5-3-1-2-4-18-41(49)34(44)16-17-35(45)46/h6-17,19-21,42,49H,1-5,18,22H2,(H,45,46)(H,47,48)(H2,39,40,51)/b17-16+. The number of carbonyl (C=O) groups excluding carboxylic acids is 1. The number of benzene rings is 4. The lowest BCUT2D eigenvalue weighted by Gasteiger charge is -2.18. The molecule has 0 saturated heterocycles. The molecule has 0 radical (unpaired) electrons. The van der Waals surface area contributed by atoms with E-state index in [4.69, 9.17) is 21.7 Å². The summed E-state index contributed by atoms with van der Waals surface area (Å²) in [6.45, 7) is 0.568. The number of aromatic hydroxyl groups is 1. The molecule has 13 heteroatoms. The van der Waals surface area contributed by atoms with Crippen molar-refractivity contribution in [1.82, 2.24) is 10.4 Å².